The van der Waals surface area contributed by atoms with Gasteiger partial charge in [0, 0.05) is 22.6 Å². The molecule has 2 nitrogen and oxygen atoms in total. The van der Waals surface area contributed by atoms with Crippen molar-refractivity contribution in [3.63, 3.8) is 0 Å². The summed E-state index contributed by atoms with van der Waals surface area (Å²) in [6, 6.07) is 15.1. The molecule has 0 bridgehead atoms. The summed E-state index contributed by atoms with van der Waals surface area (Å²) in [5.41, 5.74) is 3.71. The van der Waals surface area contributed by atoms with Gasteiger partial charge in [-0.05, 0) is 13.8 Å². The van der Waals surface area contributed by atoms with E-state index in [1.807, 2.05) is 62.4 Å². The van der Waals surface area contributed by atoms with Gasteiger partial charge in [-0.3, -0.25) is 9.59 Å². The summed E-state index contributed by atoms with van der Waals surface area (Å²) in [6.45, 7) is 3.99. The molecule has 0 aromatic heterocycles. The van der Waals surface area contributed by atoms with Gasteiger partial charge in [-0.2, -0.15) is 0 Å². The lowest BCUT2D eigenvalue weighted by Gasteiger charge is -2.03. The van der Waals surface area contributed by atoms with E-state index in [9.17, 15) is 9.59 Å². The van der Waals surface area contributed by atoms with Crippen molar-refractivity contribution in [3.05, 3.63) is 70.8 Å². The molecule has 114 valence electrons. The van der Waals surface area contributed by atoms with Gasteiger partial charge in [-0.15, -0.1) is 0 Å². The van der Waals surface area contributed by atoms with E-state index in [0.717, 1.165) is 11.1 Å². The minimum atomic E-state index is 0.0587. The van der Waals surface area contributed by atoms with Gasteiger partial charge in [0.15, 0.2) is 0 Å². The molecule has 0 N–H and O–H groups in total. The third-order valence-electron chi connectivity index (χ3n) is 3.12. The maximum absolute atomic E-state index is 12.0. The van der Waals surface area contributed by atoms with Crippen molar-refractivity contribution in [3.8, 4) is 0 Å². The summed E-state index contributed by atoms with van der Waals surface area (Å²) in [6.07, 6.45) is 0. The van der Waals surface area contributed by atoms with Crippen LogP contribution in [0, 0.1) is 13.8 Å². The summed E-state index contributed by atoms with van der Waals surface area (Å²) in [4.78, 5) is 24.0. The Morgan fingerprint density at radius 3 is 1.32 bits per heavy atom. The molecule has 2 aromatic carbocycles. The molecule has 4 heteroatoms. The summed E-state index contributed by atoms with van der Waals surface area (Å²) in [5, 5.41) is 0.117. The molecule has 0 aliphatic heterocycles. The van der Waals surface area contributed by atoms with Gasteiger partial charge >= 0.3 is 0 Å². The average molecular weight is 330 g/mol. The highest BCUT2D eigenvalue weighted by molar-refractivity contribution is 8.17. The van der Waals surface area contributed by atoms with Gasteiger partial charge in [0.05, 0.1) is 0 Å². The highest BCUT2D eigenvalue weighted by Gasteiger charge is 2.09. The monoisotopic (exact) mass is 330 g/mol. The molecule has 0 saturated carbocycles. The molecule has 0 amide bonds. The highest BCUT2D eigenvalue weighted by atomic mass is 32.2. The number of rotatable bonds is 5. The van der Waals surface area contributed by atoms with Crippen molar-refractivity contribution in [1.82, 2.24) is 0 Å². The first-order valence-corrected chi connectivity index (χ1v) is 9.01. The Kier molecular flexibility index (Phi) is 6.28. The topological polar surface area (TPSA) is 34.1 Å². The first-order chi connectivity index (χ1) is 10.6. The summed E-state index contributed by atoms with van der Waals surface area (Å²) < 4.78 is 0. The lowest BCUT2D eigenvalue weighted by Crippen LogP contribution is -1.99. The fourth-order valence-electron chi connectivity index (χ4n) is 1.81. The van der Waals surface area contributed by atoms with E-state index >= 15 is 0 Å². The number of hydrogen-bond donors (Lipinski definition) is 0. The first kappa shape index (κ1) is 16.8. The van der Waals surface area contributed by atoms with E-state index in [4.69, 9.17) is 0 Å². The molecule has 0 atom stereocenters. The molecule has 0 aliphatic carbocycles. The Morgan fingerprint density at radius 2 is 1.00 bits per heavy atom. The third-order valence-corrected chi connectivity index (χ3v) is 5.19. The van der Waals surface area contributed by atoms with Crippen molar-refractivity contribution in [2.24, 2.45) is 0 Å². The fourth-order valence-corrected chi connectivity index (χ4v) is 3.46. The van der Waals surface area contributed by atoms with Crippen LogP contribution in [-0.2, 0) is 0 Å². The van der Waals surface area contributed by atoms with Crippen LogP contribution in [0.5, 0.6) is 0 Å². The standard InChI is InChI=1S/C18H18O2S2/c1-13-3-7-15(8-4-13)17(19)21-11-12-22-18(20)16-9-5-14(2)6-10-16/h3-10H,11-12H2,1-2H3. The van der Waals surface area contributed by atoms with Gasteiger partial charge in [-0.25, -0.2) is 0 Å². The molecule has 2 rings (SSSR count). The van der Waals surface area contributed by atoms with Crippen molar-refractivity contribution in [2.75, 3.05) is 11.5 Å². The van der Waals surface area contributed by atoms with Crippen LogP contribution < -0.4 is 0 Å². The Labute approximate surface area is 139 Å². The van der Waals surface area contributed by atoms with Crippen LogP contribution in [0.1, 0.15) is 31.8 Å². The number of hydrogen-bond acceptors (Lipinski definition) is 4. The second-order valence-electron chi connectivity index (χ2n) is 5.00. The molecule has 0 radical (unpaired) electrons. The van der Waals surface area contributed by atoms with Gasteiger partial charge in [-0.1, -0.05) is 83.2 Å². The molecule has 0 saturated heterocycles. The maximum Gasteiger partial charge on any atom is 0.219 e. The summed E-state index contributed by atoms with van der Waals surface area (Å²) in [7, 11) is 0. The molecule has 0 spiro atoms. The molecular formula is C18H18O2S2. The van der Waals surface area contributed by atoms with Crippen molar-refractivity contribution < 1.29 is 9.59 Å². The second kappa shape index (κ2) is 8.20. The van der Waals surface area contributed by atoms with Crippen molar-refractivity contribution >= 4 is 33.8 Å². The highest BCUT2D eigenvalue weighted by Crippen LogP contribution is 2.18. The molecular weight excluding hydrogens is 312 g/mol. The van der Waals surface area contributed by atoms with E-state index < -0.39 is 0 Å². The zero-order valence-corrected chi connectivity index (χ0v) is 14.3. The summed E-state index contributed by atoms with van der Waals surface area (Å²) >= 11 is 2.53. The Balaban J connectivity index is 1.74. The van der Waals surface area contributed by atoms with E-state index in [1.54, 1.807) is 0 Å². The zero-order chi connectivity index (χ0) is 15.9. The largest absolute Gasteiger partial charge is 0.282 e. The predicted octanol–water partition coefficient (Wildman–Crippen LogP) is 4.75. The van der Waals surface area contributed by atoms with Crippen molar-refractivity contribution in [2.45, 2.75) is 13.8 Å². The van der Waals surface area contributed by atoms with Crippen LogP contribution in [0.15, 0.2) is 48.5 Å². The zero-order valence-electron chi connectivity index (χ0n) is 12.7. The molecule has 22 heavy (non-hydrogen) atoms. The Hall–Kier alpha value is -1.52. The molecule has 0 heterocycles. The number of carbonyl (C=O) groups is 2. The van der Waals surface area contributed by atoms with Crippen LogP contribution in [0.4, 0.5) is 0 Å². The number of thioether (sulfide) groups is 2. The Morgan fingerprint density at radius 1 is 0.682 bits per heavy atom. The predicted molar refractivity (Wildman–Crippen MR) is 95.9 cm³/mol. The van der Waals surface area contributed by atoms with Crippen LogP contribution in [-0.4, -0.2) is 21.7 Å². The number of benzene rings is 2. The fraction of sp³-hybridized carbons (Fsp3) is 0.222. The molecule has 2 aromatic rings. The van der Waals surface area contributed by atoms with Crippen LogP contribution >= 0.6 is 23.5 Å². The van der Waals surface area contributed by atoms with E-state index in [2.05, 4.69) is 0 Å². The van der Waals surface area contributed by atoms with Gasteiger partial charge in [0.25, 0.3) is 0 Å². The van der Waals surface area contributed by atoms with Crippen LogP contribution in [0.3, 0.4) is 0 Å². The quantitative estimate of drug-likeness (QED) is 0.741. The smallest absolute Gasteiger partial charge is 0.219 e. The van der Waals surface area contributed by atoms with Gasteiger partial charge in [0.1, 0.15) is 0 Å². The molecule has 0 aliphatic rings. The second-order valence-corrected chi connectivity index (χ2v) is 7.14. The van der Waals surface area contributed by atoms with Crippen molar-refractivity contribution in [1.29, 1.82) is 0 Å². The average Bonchev–Trinajstić information content (AvgIpc) is 2.52. The lowest BCUT2D eigenvalue weighted by atomic mass is 10.2. The van der Waals surface area contributed by atoms with Gasteiger partial charge in [0.2, 0.25) is 10.2 Å². The summed E-state index contributed by atoms with van der Waals surface area (Å²) in [5.74, 6) is 1.27. The van der Waals surface area contributed by atoms with E-state index in [-0.39, 0.29) is 10.2 Å². The normalized spacial score (nSPS) is 10.5. The van der Waals surface area contributed by atoms with Crippen LogP contribution in [0.2, 0.25) is 0 Å². The minimum Gasteiger partial charge on any atom is -0.282 e. The number of aryl methyl sites for hydroxylation is 2. The third kappa shape index (κ3) is 5.04. The van der Waals surface area contributed by atoms with E-state index in [0.29, 0.717) is 22.6 Å². The molecule has 0 unspecified atom stereocenters. The lowest BCUT2D eigenvalue weighted by molar-refractivity contribution is 0.108. The molecule has 0 fully saturated rings. The maximum atomic E-state index is 12.0. The Bertz CT molecular complexity index is 586. The first-order valence-electron chi connectivity index (χ1n) is 7.04. The van der Waals surface area contributed by atoms with Crippen LogP contribution in [0.25, 0.3) is 0 Å². The SMILES string of the molecule is Cc1ccc(C(=O)SCCSC(=O)c2ccc(C)cc2)cc1. The van der Waals surface area contributed by atoms with Gasteiger partial charge < -0.3 is 0 Å². The number of carbonyl (C=O) groups excluding carboxylic acids is 2. The minimum absolute atomic E-state index is 0.0587. The van der Waals surface area contributed by atoms with E-state index in [1.165, 1.54) is 23.5 Å².